The van der Waals surface area contributed by atoms with Crippen LogP contribution in [0.3, 0.4) is 0 Å². The number of likely N-dealkylation sites (tertiary alicyclic amines) is 2. The molecule has 2 saturated heterocycles. The van der Waals surface area contributed by atoms with E-state index >= 15 is 0 Å². The molecule has 182 valence electrons. The summed E-state index contributed by atoms with van der Waals surface area (Å²) in [6.07, 6.45) is 2.98. The lowest BCUT2D eigenvalue weighted by Crippen LogP contribution is -2.42. The van der Waals surface area contributed by atoms with Crippen molar-refractivity contribution in [2.75, 3.05) is 19.6 Å². The van der Waals surface area contributed by atoms with Crippen LogP contribution in [-0.2, 0) is 20.7 Å². The number of carbonyl (C=O) groups is 3. The highest BCUT2D eigenvalue weighted by Gasteiger charge is 2.37. The van der Waals surface area contributed by atoms with E-state index in [0.29, 0.717) is 31.7 Å². The highest BCUT2D eigenvalue weighted by atomic mass is 32.1. The summed E-state index contributed by atoms with van der Waals surface area (Å²) in [6.45, 7) is 5.38. The highest BCUT2D eigenvalue weighted by Crippen LogP contribution is 2.31. The summed E-state index contributed by atoms with van der Waals surface area (Å²) in [4.78, 5) is 46.1. The van der Waals surface area contributed by atoms with Gasteiger partial charge < -0.3 is 14.5 Å². The van der Waals surface area contributed by atoms with Gasteiger partial charge in [0.1, 0.15) is 17.6 Å². The molecule has 2 aliphatic rings. The average molecular weight is 488 g/mol. The molecule has 2 aliphatic heterocycles. The van der Waals surface area contributed by atoms with Gasteiger partial charge in [0.15, 0.2) is 0 Å². The first kappa shape index (κ1) is 24.3. The van der Waals surface area contributed by atoms with Gasteiger partial charge in [-0.25, -0.2) is 14.2 Å². The average Bonchev–Trinajstić information content (AvgIpc) is 3.50. The number of thiazole rings is 1. The molecule has 2 amide bonds. The van der Waals surface area contributed by atoms with Crippen LogP contribution in [0.1, 0.15) is 66.5 Å². The molecule has 2 fully saturated rings. The molecule has 4 rings (SSSR count). The van der Waals surface area contributed by atoms with Gasteiger partial charge in [0.05, 0.1) is 17.5 Å². The number of rotatable bonds is 6. The van der Waals surface area contributed by atoms with Gasteiger partial charge in [-0.1, -0.05) is 12.1 Å². The van der Waals surface area contributed by atoms with Crippen molar-refractivity contribution in [1.82, 2.24) is 14.8 Å². The largest absolute Gasteiger partial charge is 0.461 e. The fourth-order valence-corrected chi connectivity index (χ4v) is 5.52. The summed E-state index contributed by atoms with van der Waals surface area (Å²) < 4.78 is 18.4. The zero-order valence-corrected chi connectivity index (χ0v) is 20.4. The smallest absolute Gasteiger partial charge is 0.329 e. The Morgan fingerprint density at radius 1 is 1.12 bits per heavy atom. The van der Waals surface area contributed by atoms with Crippen LogP contribution in [0.4, 0.5) is 4.39 Å². The van der Waals surface area contributed by atoms with Crippen molar-refractivity contribution in [3.8, 4) is 0 Å². The highest BCUT2D eigenvalue weighted by molar-refractivity contribution is 7.09. The number of hydrogen-bond donors (Lipinski definition) is 0. The second-order valence-electron chi connectivity index (χ2n) is 9.17. The molecule has 1 aromatic heterocycles. The Morgan fingerprint density at radius 2 is 1.82 bits per heavy atom. The number of esters is 1. The summed E-state index contributed by atoms with van der Waals surface area (Å²) in [5.41, 5.74) is 1.17. The van der Waals surface area contributed by atoms with Crippen molar-refractivity contribution >= 4 is 29.1 Å². The van der Waals surface area contributed by atoms with E-state index in [2.05, 4.69) is 4.98 Å². The molecule has 3 heterocycles. The van der Waals surface area contributed by atoms with E-state index in [-0.39, 0.29) is 42.0 Å². The second kappa shape index (κ2) is 10.6. The number of amides is 2. The first-order valence-corrected chi connectivity index (χ1v) is 12.7. The molecular weight excluding hydrogens is 457 g/mol. The van der Waals surface area contributed by atoms with E-state index in [1.54, 1.807) is 36.3 Å². The molecular formula is C25H30FN3O4S. The van der Waals surface area contributed by atoms with Crippen LogP contribution in [0.2, 0.25) is 0 Å². The maximum atomic E-state index is 13.1. The minimum Gasteiger partial charge on any atom is -0.461 e. The minimum absolute atomic E-state index is 0.0356. The number of piperidine rings is 1. The molecule has 0 spiro atoms. The number of benzene rings is 1. The van der Waals surface area contributed by atoms with Crippen molar-refractivity contribution in [3.63, 3.8) is 0 Å². The molecule has 7 nitrogen and oxygen atoms in total. The number of carbonyl (C=O) groups excluding carboxylic acids is 3. The number of aromatic nitrogens is 1. The lowest BCUT2D eigenvalue weighted by Gasteiger charge is -2.31. The number of ether oxygens (including phenoxy) is 1. The lowest BCUT2D eigenvalue weighted by molar-refractivity contribution is -0.152. The molecule has 0 N–H and O–H groups in total. The Labute approximate surface area is 202 Å². The maximum Gasteiger partial charge on any atom is 0.329 e. The summed E-state index contributed by atoms with van der Waals surface area (Å²) in [7, 11) is 0. The SMILES string of the molecule is CC(C)OC(=O)C1CCCN1C(=O)c1csc(C2CCN(C(=O)Cc3ccc(F)cc3)CC2)n1. The van der Waals surface area contributed by atoms with E-state index in [4.69, 9.17) is 4.74 Å². The molecule has 0 radical (unpaired) electrons. The summed E-state index contributed by atoms with van der Waals surface area (Å²) >= 11 is 1.46. The zero-order chi connectivity index (χ0) is 24.2. The molecule has 1 aromatic carbocycles. The van der Waals surface area contributed by atoms with Gasteiger partial charge in [0, 0.05) is 30.9 Å². The second-order valence-corrected chi connectivity index (χ2v) is 10.1. The number of hydrogen-bond acceptors (Lipinski definition) is 6. The Kier molecular flexibility index (Phi) is 7.60. The fourth-order valence-electron chi connectivity index (χ4n) is 4.55. The van der Waals surface area contributed by atoms with Crippen molar-refractivity contribution in [1.29, 1.82) is 0 Å². The number of nitrogens with zero attached hydrogens (tertiary/aromatic N) is 3. The van der Waals surface area contributed by atoms with Crippen LogP contribution in [0.25, 0.3) is 0 Å². The Morgan fingerprint density at radius 3 is 2.50 bits per heavy atom. The van der Waals surface area contributed by atoms with Crippen LogP contribution < -0.4 is 0 Å². The predicted molar refractivity (Wildman–Crippen MR) is 126 cm³/mol. The molecule has 0 bridgehead atoms. The van der Waals surface area contributed by atoms with Crippen LogP contribution in [0.15, 0.2) is 29.6 Å². The summed E-state index contributed by atoms with van der Waals surface area (Å²) in [5.74, 6) is -0.657. The van der Waals surface area contributed by atoms with Crippen molar-refractivity contribution in [2.24, 2.45) is 0 Å². The number of halogens is 1. The van der Waals surface area contributed by atoms with Gasteiger partial charge >= 0.3 is 5.97 Å². The first-order valence-electron chi connectivity index (χ1n) is 11.8. The zero-order valence-electron chi connectivity index (χ0n) is 19.5. The molecule has 2 aromatic rings. The fraction of sp³-hybridized carbons (Fsp3) is 0.520. The molecule has 34 heavy (non-hydrogen) atoms. The first-order chi connectivity index (χ1) is 16.3. The van der Waals surface area contributed by atoms with Gasteiger partial charge in [-0.15, -0.1) is 11.3 Å². The molecule has 0 saturated carbocycles. The van der Waals surface area contributed by atoms with Crippen LogP contribution in [0.5, 0.6) is 0 Å². The van der Waals surface area contributed by atoms with Crippen LogP contribution in [0, 0.1) is 5.82 Å². The topological polar surface area (TPSA) is 79.8 Å². The lowest BCUT2D eigenvalue weighted by atomic mass is 9.97. The summed E-state index contributed by atoms with van der Waals surface area (Å²) in [5, 5.41) is 2.67. The third-order valence-corrected chi connectivity index (χ3v) is 7.35. The van der Waals surface area contributed by atoms with E-state index in [1.165, 1.54) is 23.5 Å². The molecule has 0 aliphatic carbocycles. The predicted octanol–water partition coefficient (Wildman–Crippen LogP) is 3.79. The monoisotopic (exact) mass is 487 g/mol. The summed E-state index contributed by atoms with van der Waals surface area (Å²) in [6, 6.07) is 5.47. The van der Waals surface area contributed by atoms with Gasteiger partial charge in [-0.3, -0.25) is 9.59 Å². The van der Waals surface area contributed by atoms with E-state index in [9.17, 15) is 18.8 Å². The Bertz CT molecular complexity index is 1030. The minimum atomic E-state index is -0.546. The van der Waals surface area contributed by atoms with Gasteiger partial charge in [-0.05, 0) is 57.2 Å². The maximum absolute atomic E-state index is 13.1. The van der Waals surface area contributed by atoms with Gasteiger partial charge in [0.25, 0.3) is 5.91 Å². The Balaban J connectivity index is 1.32. The van der Waals surface area contributed by atoms with Crippen LogP contribution >= 0.6 is 11.3 Å². The van der Waals surface area contributed by atoms with Gasteiger partial charge in [-0.2, -0.15) is 0 Å². The van der Waals surface area contributed by atoms with E-state index in [0.717, 1.165) is 29.8 Å². The van der Waals surface area contributed by atoms with Crippen molar-refractivity contribution in [2.45, 2.75) is 64.0 Å². The quantitative estimate of drug-likeness (QED) is 0.580. The standard InChI is InChI=1S/C25H30FN3O4S/c1-16(2)33-25(32)21-4-3-11-29(21)24(31)20-15-34-23(27-20)18-9-12-28(13-10-18)22(30)14-17-5-7-19(26)8-6-17/h5-8,15-16,18,21H,3-4,9-14H2,1-2H3. The van der Waals surface area contributed by atoms with E-state index < -0.39 is 6.04 Å². The third kappa shape index (κ3) is 5.63. The Hall–Kier alpha value is -2.81. The van der Waals surface area contributed by atoms with E-state index in [1.807, 2.05) is 4.90 Å². The molecule has 1 unspecified atom stereocenters. The molecule has 1 atom stereocenters. The molecule has 9 heteroatoms. The van der Waals surface area contributed by atoms with Crippen molar-refractivity contribution in [3.05, 3.63) is 51.7 Å². The van der Waals surface area contributed by atoms with Crippen molar-refractivity contribution < 1.29 is 23.5 Å². The third-order valence-electron chi connectivity index (χ3n) is 6.34. The van der Waals surface area contributed by atoms with Gasteiger partial charge in [0.2, 0.25) is 5.91 Å². The normalized spacial score (nSPS) is 19.0. The van der Waals surface area contributed by atoms with Crippen LogP contribution in [-0.4, -0.2) is 64.3 Å².